The van der Waals surface area contributed by atoms with Gasteiger partial charge in [-0.2, -0.15) is 0 Å². The third-order valence-corrected chi connectivity index (χ3v) is 5.39. The molecule has 0 unspecified atom stereocenters. The molecule has 4 rings (SSSR count). The number of benzene rings is 3. The first-order chi connectivity index (χ1) is 15.9. The summed E-state index contributed by atoms with van der Waals surface area (Å²) >= 11 is 6.20. The summed E-state index contributed by atoms with van der Waals surface area (Å²) < 4.78 is 5.17. The van der Waals surface area contributed by atoms with Gasteiger partial charge in [-0.25, -0.2) is 4.90 Å². The molecule has 1 aliphatic rings. The van der Waals surface area contributed by atoms with Crippen molar-refractivity contribution >= 4 is 46.4 Å². The van der Waals surface area contributed by atoms with Gasteiger partial charge in [0.25, 0.3) is 17.7 Å². The van der Waals surface area contributed by atoms with E-state index in [0.717, 1.165) is 10.5 Å². The third kappa shape index (κ3) is 4.58. The van der Waals surface area contributed by atoms with Crippen molar-refractivity contribution in [3.8, 4) is 5.75 Å². The summed E-state index contributed by atoms with van der Waals surface area (Å²) in [5.74, 6) is -0.908. The van der Waals surface area contributed by atoms with Crippen LogP contribution in [0.4, 0.5) is 17.1 Å². The van der Waals surface area contributed by atoms with Crippen molar-refractivity contribution in [2.45, 2.75) is 6.92 Å². The smallest absolute Gasteiger partial charge is 0.283 e. The van der Waals surface area contributed by atoms with Gasteiger partial charge in [0.15, 0.2) is 0 Å². The lowest BCUT2D eigenvalue weighted by Crippen LogP contribution is -2.32. The van der Waals surface area contributed by atoms with Crippen LogP contribution in [0.3, 0.4) is 0 Å². The fourth-order valence-corrected chi connectivity index (χ4v) is 3.54. The molecule has 0 saturated carbocycles. The second-order valence-electron chi connectivity index (χ2n) is 7.36. The zero-order chi connectivity index (χ0) is 23.5. The third-order valence-electron chi connectivity index (χ3n) is 5.04. The quantitative estimate of drug-likeness (QED) is 0.520. The summed E-state index contributed by atoms with van der Waals surface area (Å²) in [6, 6.07) is 20.5. The van der Waals surface area contributed by atoms with E-state index >= 15 is 0 Å². The first-order valence-corrected chi connectivity index (χ1v) is 10.4. The zero-order valence-electron chi connectivity index (χ0n) is 17.9. The monoisotopic (exact) mass is 461 g/mol. The Morgan fingerprint density at radius 1 is 0.909 bits per heavy atom. The van der Waals surface area contributed by atoms with Crippen molar-refractivity contribution in [3.05, 3.63) is 94.7 Å². The van der Waals surface area contributed by atoms with E-state index < -0.39 is 11.8 Å². The Bertz CT molecular complexity index is 1280. The Hall–Kier alpha value is -4.10. The number of hydrogen-bond donors (Lipinski definition) is 2. The number of halogens is 1. The number of carbonyl (C=O) groups excluding carboxylic acids is 3. The number of nitrogens with one attached hydrogen (secondary N) is 2. The first kappa shape index (κ1) is 22.1. The Kier molecular flexibility index (Phi) is 6.15. The van der Waals surface area contributed by atoms with Crippen LogP contribution in [-0.4, -0.2) is 24.8 Å². The molecule has 33 heavy (non-hydrogen) atoms. The number of nitrogens with zero attached hydrogens (tertiary/aromatic N) is 1. The molecule has 1 heterocycles. The van der Waals surface area contributed by atoms with E-state index in [2.05, 4.69) is 10.6 Å². The largest absolute Gasteiger partial charge is 0.497 e. The number of rotatable bonds is 6. The molecule has 0 radical (unpaired) electrons. The molecule has 0 aliphatic carbocycles. The Balaban J connectivity index is 1.53. The van der Waals surface area contributed by atoms with Crippen molar-refractivity contribution in [2.75, 3.05) is 22.6 Å². The molecule has 3 aromatic rings. The molecule has 3 amide bonds. The lowest BCUT2D eigenvalue weighted by molar-refractivity contribution is -0.120. The highest BCUT2D eigenvalue weighted by Gasteiger charge is 2.38. The van der Waals surface area contributed by atoms with Gasteiger partial charge in [0.05, 0.1) is 12.8 Å². The van der Waals surface area contributed by atoms with E-state index in [0.29, 0.717) is 28.4 Å². The molecule has 8 heteroatoms. The minimum absolute atomic E-state index is 0.0485. The van der Waals surface area contributed by atoms with E-state index in [1.807, 2.05) is 6.92 Å². The van der Waals surface area contributed by atoms with E-state index in [1.165, 1.54) is 0 Å². The van der Waals surface area contributed by atoms with Crippen LogP contribution < -0.4 is 20.3 Å². The molecule has 0 aromatic heterocycles. The second kappa shape index (κ2) is 9.18. The lowest BCUT2D eigenvalue weighted by Gasteiger charge is -2.15. The number of ether oxygens (including phenoxy) is 1. The van der Waals surface area contributed by atoms with Gasteiger partial charge in [-0.3, -0.25) is 14.4 Å². The summed E-state index contributed by atoms with van der Waals surface area (Å²) in [5, 5.41) is 5.48. The Labute approximate surface area is 195 Å². The molecule has 166 valence electrons. The molecular weight excluding hydrogens is 442 g/mol. The maximum absolute atomic E-state index is 12.9. The van der Waals surface area contributed by atoms with Crippen LogP contribution in [0.1, 0.15) is 15.9 Å². The average Bonchev–Trinajstić information content (AvgIpc) is 3.03. The number of amides is 3. The number of methoxy groups -OCH3 is 1. The van der Waals surface area contributed by atoms with E-state index in [4.69, 9.17) is 16.3 Å². The molecule has 0 atom stereocenters. The number of imide groups is 1. The fraction of sp³-hybridized carbons (Fsp3) is 0.0800. The predicted octanol–water partition coefficient (Wildman–Crippen LogP) is 4.69. The molecule has 0 fully saturated rings. The number of anilines is 3. The molecule has 0 spiro atoms. The van der Waals surface area contributed by atoms with Crippen molar-refractivity contribution < 1.29 is 19.1 Å². The van der Waals surface area contributed by atoms with Gasteiger partial charge in [0, 0.05) is 23.0 Å². The van der Waals surface area contributed by atoms with Gasteiger partial charge in [-0.1, -0.05) is 41.4 Å². The summed E-state index contributed by atoms with van der Waals surface area (Å²) in [5.41, 5.74) is 2.75. The number of hydrogen-bond acceptors (Lipinski definition) is 5. The fourth-order valence-electron chi connectivity index (χ4n) is 3.33. The Morgan fingerprint density at radius 2 is 1.61 bits per heavy atom. The molecular formula is C25H20ClN3O4. The molecule has 1 aliphatic heterocycles. The van der Waals surface area contributed by atoms with Crippen LogP contribution in [0.25, 0.3) is 0 Å². The second-order valence-corrected chi connectivity index (χ2v) is 7.74. The van der Waals surface area contributed by atoms with Crippen LogP contribution in [0, 0.1) is 6.92 Å². The summed E-state index contributed by atoms with van der Waals surface area (Å²) in [6.07, 6.45) is 0. The van der Waals surface area contributed by atoms with Gasteiger partial charge in [-0.05, 0) is 49.4 Å². The van der Waals surface area contributed by atoms with E-state index in [1.54, 1.807) is 79.9 Å². The molecule has 3 aromatic carbocycles. The number of aryl methyl sites for hydroxylation is 1. The minimum Gasteiger partial charge on any atom is -0.497 e. The van der Waals surface area contributed by atoms with Crippen molar-refractivity contribution in [2.24, 2.45) is 0 Å². The molecule has 0 saturated heterocycles. The number of carbonyl (C=O) groups is 3. The van der Waals surface area contributed by atoms with Gasteiger partial charge in [0.1, 0.15) is 16.5 Å². The van der Waals surface area contributed by atoms with Crippen LogP contribution in [-0.2, 0) is 9.59 Å². The normalized spacial score (nSPS) is 13.4. The SMILES string of the molecule is COc1cccc(NC(=O)c2cccc(NC3=C(Cl)C(=O)N(c4ccc(C)cc4)C3=O)c2)c1. The maximum Gasteiger partial charge on any atom is 0.283 e. The van der Waals surface area contributed by atoms with E-state index in [-0.39, 0.29) is 16.6 Å². The maximum atomic E-state index is 12.9. The van der Waals surface area contributed by atoms with E-state index in [9.17, 15) is 14.4 Å². The van der Waals surface area contributed by atoms with Crippen molar-refractivity contribution in [1.82, 2.24) is 0 Å². The Morgan fingerprint density at radius 3 is 2.33 bits per heavy atom. The van der Waals surface area contributed by atoms with Gasteiger partial charge < -0.3 is 15.4 Å². The summed E-state index contributed by atoms with van der Waals surface area (Å²) in [7, 11) is 1.55. The standard InChI is InChI=1S/C25H20ClN3O4/c1-15-9-11-19(12-10-15)29-24(31)21(26)22(25(29)32)27-17-6-3-5-16(13-17)23(30)28-18-7-4-8-20(14-18)33-2/h3-14,27H,1-2H3,(H,28,30). The zero-order valence-corrected chi connectivity index (χ0v) is 18.6. The highest BCUT2D eigenvalue weighted by atomic mass is 35.5. The lowest BCUT2D eigenvalue weighted by atomic mass is 10.1. The topological polar surface area (TPSA) is 87.7 Å². The van der Waals surface area contributed by atoms with Gasteiger partial charge in [-0.15, -0.1) is 0 Å². The molecule has 2 N–H and O–H groups in total. The van der Waals surface area contributed by atoms with Gasteiger partial charge in [0.2, 0.25) is 0 Å². The first-order valence-electron chi connectivity index (χ1n) is 10.0. The van der Waals surface area contributed by atoms with Crippen LogP contribution in [0.15, 0.2) is 83.5 Å². The van der Waals surface area contributed by atoms with Crippen molar-refractivity contribution in [3.63, 3.8) is 0 Å². The summed E-state index contributed by atoms with van der Waals surface area (Å²) in [4.78, 5) is 39.3. The molecule has 0 bridgehead atoms. The van der Waals surface area contributed by atoms with Crippen LogP contribution >= 0.6 is 11.6 Å². The van der Waals surface area contributed by atoms with Crippen LogP contribution in [0.2, 0.25) is 0 Å². The van der Waals surface area contributed by atoms with Gasteiger partial charge >= 0.3 is 0 Å². The average molecular weight is 462 g/mol. The summed E-state index contributed by atoms with van der Waals surface area (Å²) in [6.45, 7) is 1.91. The highest BCUT2D eigenvalue weighted by Crippen LogP contribution is 2.30. The predicted molar refractivity (Wildman–Crippen MR) is 128 cm³/mol. The highest BCUT2D eigenvalue weighted by molar-refractivity contribution is 6.53. The minimum atomic E-state index is -0.611. The van der Waals surface area contributed by atoms with Crippen molar-refractivity contribution in [1.29, 1.82) is 0 Å². The molecule has 7 nitrogen and oxygen atoms in total. The van der Waals surface area contributed by atoms with Crippen LogP contribution in [0.5, 0.6) is 5.75 Å².